The van der Waals surface area contributed by atoms with E-state index in [4.69, 9.17) is 26.4 Å². The van der Waals surface area contributed by atoms with Crippen molar-refractivity contribution in [3.05, 3.63) is 42.1 Å². The molecule has 28 heavy (non-hydrogen) atoms. The predicted octanol–water partition coefficient (Wildman–Crippen LogP) is 3.48. The highest BCUT2D eigenvalue weighted by Gasteiger charge is 2.37. The Morgan fingerprint density at radius 3 is 2.57 bits per heavy atom. The average Bonchev–Trinajstić information content (AvgIpc) is 2.68. The fraction of sp³-hybridized carbons (Fsp3) is 0.524. The molecule has 0 radical (unpaired) electrons. The lowest BCUT2D eigenvalue weighted by molar-refractivity contribution is -0.149. The van der Waals surface area contributed by atoms with Gasteiger partial charge in [0.15, 0.2) is 5.11 Å². The number of hydrogen-bond donors (Lipinski definition) is 2. The number of thiocarbonyl (C=S) groups is 1. The summed E-state index contributed by atoms with van der Waals surface area (Å²) in [5.41, 5.74) is 1.43. The van der Waals surface area contributed by atoms with Gasteiger partial charge in [-0.15, -0.1) is 0 Å². The third-order valence-electron chi connectivity index (χ3n) is 4.56. The standard InChI is InChI=1S/C21H30N2O4S/c1-4-5-6-7-12-26-17-10-8-16(9-11-17)19-18(15(2)22-21(28)23-19)20(24)27-14-13-25-3/h8-11,18-19H,2,4-7,12-14H2,1,3H3,(H2,22,23,28)/t18-,19+/m0/s1. The Labute approximate surface area is 172 Å². The number of rotatable bonds is 11. The van der Waals surface area contributed by atoms with Gasteiger partial charge >= 0.3 is 5.97 Å². The van der Waals surface area contributed by atoms with Gasteiger partial charge in [-0.1, -0.05) is 44.9 Å². The Balaban J connectivity index is 2.03. The average molecular weight is 407 g/mol. The van der Waals surface area contributed by atoms with Crippen LogP contribution in [0.2, 0.25) is 0 Å². The highest BCUT2D eigenvalue weighted by Crippen LogP contribution is 2.31. The van der Waals surface area contributed by atoms with Gasteiger partial charge in [0.25, 0.3) is 0 Å². The number of hydrogen-bond acceptors (Lipinski definition) is 5. The van der Waals surface area contributed by atoms with Crippen LogP contribution in [-0.4, -0.2) is 38.0 Å². The molecule has 1 saturated heterocycles. The lowest BCUT2D eigenvalue weighted by atomic mass is 9.89. The van der Waals surface area contributed by atoms with Gasteiger partial charge in [0.1, 0.15) is 18.3 Å². The zero-order chi connectivity index (χ0) is 20.4. The molecule has 1 aromatic carbocycles. The van der Waals surface area contributed by atoms with Crippen LogP contribution in [0.1, 0.15) is 44.2 Å². The summed E-state index contributed by atoms with van der Waals surface area (Å²) >= 11 is 5.24. The van der Waals surface area contributed by atoms with Gasteiger partial charge in [-0.25, -0.2) is 0 Å². The number of carbonyl (C=O) groups is 1. The quantitative estimate of drug-likeness (QED) is 0.331. The van der Waals surface area contributed by atoms with Crippen molar-refractivity contribution in [1.82, 2.24) is 10.6 Å². The Bertz CT molecular complexity index is 663. The van der Waals surface area contributed by atoms with Crippen LogP contribution in [0.3, 0.4) is 0 Å². The van der Waals surface area contributed by atoms with Crippen molar-refractivity contribution < 1.29 is 19.0 Å². The number of nitrogens with one attached hydrogen (secondary N) is 2. The number of unbranched alkanes of at least 4 members (excludes halogenated alkanes) is 3. The maximum atomic E-state index is 12.6. The summed E-state index contributed by atoms with van der Waals surface area (Å²) in [5, 5.41) is 6.52. The third kappa shape index (κ3) is 6.49. The molecule has 2 rings (SSSR count). The minimum Gasteiger partial charge on any atom is -0.494 e. The van der Waals surface area contributed by atoms with Crippen LogP contribution in [0.15, 0.2) is 36.5 Å². The van der Waals surface area contributed by atoms with Gasteiger partial charge in [-0.2, -0.15) is 0 Å². The summed E-state index contributed by atoms with van der Waals surface area (Å²) in [6, 6.07) is 7.36. The van der Waals surface area contributed by atoms with Crippen LogP contribution in [-0.2, 0) is 14.3 Å². The fourth-order valence-electron chi connectivity index (χ4n) is 3.05. The molecule has 1 heterocycles. The molecule has 0 aliphatic carbocycles. The van der Waals surface area contributed by atoms with Crippen LogP contribution in [0.5, 0.6) is 5.75 Å². The topological polar surface area (TPSA) is 68.8 Å². The van der Waals surface area contributed by atoms with Crippen molar-refractivity contribution in [1.29, 1.82) is 0 Å². The maximum Gasteiger partial charge on any atom is 0.317 e. The second-order valence-corrected chi connectivity index (χ2v) is 7.13. The molecule has 0 unspecified atom stereocenters. The molecule has 6 nitrogen and oxygen atoms in total. The SMILES string of the molecule is C=C1NC(=S)N[C@H](c2ccc(OCCCCCC)cc2)[C@H]1C(=O)OCCOC. The highest BCUT2D eigenvalue weighted by atomic mass is 32.1. The van der Waals surface area contributed by atoms with E-state index in [2.05, 4.69) is 24.1 Å². The van der Waals surface area contributed by atoms with E-state index in [0.29, 0.717) is 24.0 Å². The van der Waals surface area contributed by atoms with Crippen LogP contribution >= 0.6 is 12.2 Å². The molecule has 1 aliphatic heterocycles. The molecule has 0 bridgehead atoms. The number of benzene rings is 1. The lowest BCUT2D eigenvalue weighted by Crippen LogP contribution is -2.51. The summed E-state index contributed by atoms with van der Waals surface area (Å²) in [6.45, 7) is 7.40. The Hall–Kier alpha value is -2.12. The Kier molecular flexibility index (Phi) is 9.23. The molecular weight excluding hydrogens is 376 g/mol. The molecule has 0 amide bonds. The fourth-order valence-corrected chi connectivity index (χ4v) is 3.30. The van der Waals surface area contributed by atoms with Crippen LogP contribution in [0.4, 0.5) is 0 Å². The smallest absolute Gasteiger partial charge is 0.317 e. The monoisotopic (exact) mass is 406 g/mol. The van der Waals surface area contributed by atoms with E-state index in [0.717, 1.165) is 17.7 Å². The van der Waals surface area contributed by atoms with Crippen LogP contribution in [0.25, 0.3) is 0 Å². The Morgan fingerprint density at radius 2 is 1.89 bits per heavy atom. The molecule has 1 fully saturated rings. The highest BCUT2D eigenvalue weighted by molar-refractivity contribution is 7.80. The Morgan fingerprint density at radius 1 is 1.14 bits per heavy atom. The molecule has 0 aromatic heterocycles. The van der Waals surface area contributed by atoms with Gasteiger partial charge in [0.2, 0.25) is 0 Å². The maximum absolute atomic E-state index is 12.6. The first-order chi connectivity index (χ1) is 13.6. The molecule has 1 aromatic rings. The molecule has 0 spiro atoms. The molecule has 154 valence electrons. The predicted molar refractivity (Wildman–Crippen MR) is 113 cm³/mol. The van der Waals surface area contributed by atoms with E-state index in [1.165, 1.54) is 19.3 Å². The lowest BCUT2D eigenvalue weighted by Gasteiger charge is -2.34. The van der Waals surface area contributed by atoms with Crippen molar-refractivity contribution in [2.24, 2.45) is 5.92 Å². The molecular formula is C21H30N2O4S. The number of esters is 1. The largest absolute Gasteiger partial charge is 0.494 e. The summed E-state index contributed by atoms with van der Waals surface area (Å²) in [7, 11) is 1.56. The summed E-state index contributed by atoms with van der Waals surface area (Å²) in [5.74, 6) is -0.148. The zero-order valence-electron chi connectivity index (χ0n) is 16.7. The second kappa shape index (κ2) is 11.7. The van der Waals surface area contributed by atoms with Gasteiger partial charge in [-0.3, -0.25) is 4.79 Å². The minimum absolute atomic E-state index is 0.196. The van der Waals surface area contributed by atoms with E-state index < -0.39 is 5.92 Å². The van der Waals surface area contributed by atoms with Crippen molar-refractivity contribution in [2.45, 2.75) is 38.6 Å². The van der Waals surface area contributed by atoms with E-state index in [-0.39, 0.29) is 18.6 Å². The van der Waals surface area contributed by atoms with Crippen LogP contribution < -0.4 is 15.4 Å². The number of carbonyl (C=O) groups excluding carboxylic acids is 1. The van der Waals surface area contributed by atoms with E-state index in [1.54, 1.807) is 7.11 Å². The van der Waals surface area contributed by atoms with Crippen molar-refractivity contribution in [3.8, 4) is 5.75 Å². The van der Waals surface area contributed by atoms with Gasteiger partial charge in [0.05, 0.1) is 19.3 Å². The van der Waals surface area contributed by atoms with Crippen molar-refractivity contribution in [3.63, 3.8) is 0 Å². The normalized spacial score (nSPS) is 18.9. The number of ether oxygens (including phenoxy) is 3. The van der Waals surface area contributed by atoms with Gasteiger partial charge in [0, 0.05) is 12.8 Å². The zero-order valence-corrected chi connectivity index (χ0v) is 17.5. The third-order valence-corrected chi connectivity index (χ3v) is 4.78. The molecule has 0 saturated carbocycles. The van der Waals surface area contributed by atoms with E-state index >= 15 is 0 Å². The van der Waals surface area contributed by atoms with Crippen LogP contribution in [0, 0.1) is 5.92 Å². The number of methoxy groups -OCH3 is 1. The minimum atomic E-state index is -0.593. The second-order valence-electron chi connectivity index (χ2n) is 6.72. The summed E-state index contributed by atoms with van der Waals surface area (Å²) < 4.78 is 16.0. The van der Waals surface area contributed by atoms with Gasteiger partial charge in [-0.05, 0) is 36.3 Å². The van der Waals surface area contributed by atoms with Gasteiger partial charge < -0.3 is 24.8 Å². The molecule has 2 atom stereocenters. The molecule has 1 aliphatic rings. The van der Waals surface area contributed by atoms with Crippen molar-refractivity contribution >= 4 is 23.3 Å². The van der Waals surface area contributed by atoms with E-state index in [9.17, 15) is 4.79 Å². The first-order valence-corrected chi connectivity index (χ1v) is 10.1. The van der Waals surface area contributed by atoms with E-state index in [1.807, 2.05) is 24.3 Å². The first kappa shape index (κ1) is 22.2. The summed E-state index contributed by atoms with van der Waals surface area (Å²) in [4.78, 5) is 12.6. The van der Waals surface area contributed by atoms with Crippen molar-refractivity contribution in [2.75, 3.05) is 26.9 Å². The first-order valence-electron chi connectivity index (χ1n) is 9.71. The summed E-state index contributed by atoms with van der Waals surface area (Å²) in [6.07, 6.45) is 4.67. The molecule has 2 N–H and O–H groups in total. The molecule has 7 heteroatoms.